The van der Waals surface area contributed by atoms with Crippen molar-refractivity contribution in [3.63, 3.8) is 0 Å². The van der Waals surface area contributed by atoms with Gasteiger partial charge >= 0.3 is 0 Å². The molecule has 2 nitrogen and oxygen atoms in total. The quantitative estimate of drug-likeness (QED) is 0.682. The molecule has 70 valence electrons. The second-order valence-corrected chi connectivity index (χ2v) is 2.92. The van der Waals surface area contributed by atoms with E-state index >= 15 is 0 Å². The fraction of sp³-hybridized carbons (Fsp3) is 0.273. The molecule has 0 spiro atoms. The summed E-state index contributed by atoms with van der Waals surface area (Å²) in [5, 5.41) is 18.2. The Balaban J connectivity index is 2.84. The van der Waals surface area contributed by atoms with Crippen molar-refractivity contribution in [2.75, 3.05) is 6.61 Å². The summed E-state index contributed by atoms with van der Waals surface area (Å²) < 4.78 is 0. The number of rotatable bonds is 4. The molecule has 0 bridgehead atoms. The first-order valence-corrected chi connectivity index (χ1v) is 4.26. The van der Waals surface area contributed by atoms with E-state index in [-0.39, 0.29) is 12.5 Å². The first-order chi connectivity index (χ1) is 6.29. The van der Waals surface area contributed by atoms with Gasteiger partial charge in [-0.1, -0.05) is 36.4 Å². The van der Waals surface area contributed by atoms with Crippen LogP contribution < -0.4 is 0 Å². The van der Waals surface area contributed by atoms with Crippen LogP contribution in [0.4, 0.5) is 0 Å². The Bertz CT molecular complexity index is 256. The minimum atomic E-state index is -0.764. The largest absolute Gasteiger partial charge is 0.394 e. The molecule has 0 unspecified atom stereocenters. The van der Waals surface area contributed by atoms with Crippen LogP contribution in [0.15, 0.2) is 43.0 Å². The summed E-state index contributed by atoms with van der Waals surface area (Å²) in [5.74, 6) is -0.189. The summed E-state index contributed by atoms with van der Waals surface area (Å²) >= 11 is 0. The molecule has 2 N–H and O–H groups in total. The van der Waals surface area contributed by atoms with E-state index < -0.39 is 6.10 Å². The lowest BCUT2D eigenvalue weighted by Crippen LogP contribution is -2.20. The van der Waals surface area contributed by atoms with Crippen molar-refractivity contribution < 1.29 is 10.2 Å². The molecule has 0 aliphatic rings. The van der Waals surface area contributed by atoms with Gasteiger partial charge in [0.25, 0.3) is 0 Å². The molecule has 0 aliphatic heterocycles. The summed E-state index contributed by atoms with van der Waals surface area (Å²) in [6.45, 7) is 3.39. The van der Waals surface area contributed by atoms with Crippen molar-refractivity contribution in [1.82, 2.24) is 0 Å². The van der Waals surface area contributed by atoms with Gasteiger partial charge < -0.3 is 10.2 Å². The van der Waals surface area contributed by atoms with Crippen LogP contribution in [-0.2, 0) is 0 Å². The molecule has 13 heavy (non-hydrogen) atoms. The zero-order chi connectivity index (χ0) is 9.68. The van der Waals surface area contributed by atoms with Crippen LogP contribution >= 0.6 is 0 Å². The zero-order valence-electron chi connectivity index (χ0n) is 7.43. The van der Waals surface area contributed by atoms with Crippen molar-refractivity contribution in [3.05, 3.63) is 48.6 Å². The van der Waals surface area contributed by atoms with Gasteiger partial charge in [-0.05, 0) is 5.56 Å². The highest BCUT2D eigenvalue weighted by Gasteiger charge is 2.16. The molecule has 1 rings (SSSR count). The van der Waals surface area contributed by atoms with Gasteiger partial charge in [-0.3, -0.25) is 0 Å². The number of benzene rings is 1. The SMILES string of the molecule is C=C[C@H](c1ccccc1)[C@H](O)CO. The minimum Gasteiger partial charge on any atom is -0.394 e. The van der Waals surface area contributed by atoms with Crippen LogP contribution in [0.2, 0.25) is 0 Å². The molecule has 0 heterocycles. The smallest absolute Gasteiger partial charge is 0.0873 e. The fourth-order valence-electron chi connectivity index (χ4n) is 1.30. The topological polar surface area (TPSA) is 40.5 Å². The Morgan fingerprint density at radius 1 is 1.31 bits per heavy atom. The Morgan fingerprint density at radius 2 is 1.92 bits per heavy atom. The third kappa shape index (κ3) is 2.41. The molecule has 0 aromatic heterocycles. The lowest BCUT2D eigenvalue weighted by atomic mass is 9.94. The summed E-state index contributed by atoms with van der Waals surface area (Å²) in [6.07, 6.45) is 0.885. The van der Waals surface area contributed by atoms with Crippen LogP contribution in [0.25, 0.3) is 0 Å². The Morgan fingerprint density at radius 3 is 2.38 bits per heavy atom. The average molecular weight is 178 g/mol. The molecule has 0 radical (unpaired) electrons. The molecule has 1 aromatic carbocycles. The van der Waals surface area contributed by atoms with E-state index in [1.54, 1.807) is 6.08 Å². The van der Waals surface area contributed by atoms with Crippen LogP contribution in [0.5, 0.6) is 0 Å². The van der Waals surface area contributed by atoms with Crippen molar-refractivity contribution >= 4 is 0 Å². The third-order valence-electron chi connectivity index (χ3n) is 2.04. The van der Waals surface area contributed by atoms with Crippen LogP contribution in [0.1, 0.15) is 11.5 Å². The van der Waals surface area contributed by atoms with Crippen molar-refractivity contribution in [1.29, 1.82) is 0 Å². The van der Waals surface area contributed by atoms with Crippen LogP contribution in [-0.4, -0.2) is 22.9 Å². The fourth-order valence-corrected chi connectivity index (χ4v) is 1.30. The number of hydrogen-bond acceptors (Lipinski definition) is 2. The molecule has 1 aromatic rings. The van der Waals surface area contributed by atoms with Gasteiger partial charge in [-0.2, -0.15) is 0 Å². The summed E-state index contributed by atoms with van der Waals surface area (Å²) in [6, 6.07) is 9.53. The number of aliphatic hydroxyl groups excluding tert-OH is 2. The molecular weight excluding hydrogens is 164 g/mol. The van der Waals surface area contributed by atoms with E-state index in [9.17, 15) is 5.11 Å². The monoisotopic (exact) mass is 178 g/mol. The van der Waals surface area contributed by atoms with Gasteiger partial charge in [0.05, 0.1) is 12.7 Å². The van der Waals surface area contributed by atoms with E-state index in [1.807, 2.05) is 30.3 Å². The number of aliphatic hydroxyl groups is 2. The summed E-state index contributed by atoms with van der Waals surface area (Å²) in [4.78, 5) is 0. The zero-order valence-corrected chi connectivity index (χ0v) is 7.43. The van der Waals surface area contributed by atoms with Crippen LogP contribution in [0, 0.1) is 0 Å². The first-order valence-electron chi connectivity index (χ1n) is 4.26. The molecule has 0 fully saturated rings. The van der Waals surface area contributed by atoms with Crippen molar-refractivity contribution in [2.24, 2.45) is 0 Å². The van der Waals surface area contributed by atoms with Gasteiger partial charge in [-0.15, -0.1) is 6.58 Å². The molecule has 0 amide bonds. The molecule has 0 aliphatic carbocycles. The van der Waals surface area contributed by atoms with Crippen molar-refractivity contribution in [2.45, 2.75) is 12.0 Å². The van der Waals surface area contributed by atoms with Crippen LogP contribution in [0.3, 0.4) is 0 Å². The predicted molar refractivity (Wildman–Crippen MR) is 52.5 cm³/mol. The highest BCUT2D eigenvalue weighted by molar-refractivity contribution is 5.24. The maximum absolute atomic E-state index is 9.45. The van der Waals surface area contributed by atoms with E-state index in [0.717, 1.165) is 5.56 Å². The second kappa shape index (κ2) is 4.80. The molecule has 0 saturated carbocycles. The van der Waals surface area contributed by atoms with E-state index in [2.05, 4.69) is 6.58 Å². The average Bonchev–Trinajstić information content (AvgIpc) is 2.20. The van der Waals surface area contributed by atoms with E-state index in [4.69, 9.17) is 5.11 Å². The lowest BCUT2D eigenvalue weighted by molar-refractivity contribution is 0.0841. The molecule has 2 heteroatoms. The molecule has 0 saturated heterocycles. The van der Waals surface area contributed by atoms with E-state index in [0.29, 0.717) is 0 Å². The number of hydrogen-bond donors (Lipinski definition) is 2. The maximum Gasteiger partial charge on any atom is 0.0873 e. The van der Waals surface area contributed by atoms with Gasteiger partial charge in [-0.25, -0.2) is 0 Å². The summed E-state index contributed by atoms with van der Waals surface area (Å²) in [7, 11) is 0. The highest BCUT2D eigenvalue weighted by atomic mass is 16.3. The van der Waals surface area contributed by atoms with Gasteiger partial charge in [0.1, 0.15) is 0 Å². The first kappa shape index (κ1) is 9.96. The molecular formula is C11H14O2. The van der Waals surface area contributed by atoms with Gasteiger partial charge in [0.15, 0.2) is 0 Å². The normalized spacial score (nSPS) is 14.9. The Kier molecular flexibility index (Phi) is 3.68. The maximum atomic E-state index is 9.45. The Labute approximate surface area is 78.2 Å². The standard InChI is InChI=1S/C11H14O2/c1-2-10(11(13)8-12)9-6-4-3-5-7-9/h2-7,10-13H,1,8H2/t10-,11-/m1/s1. The highest BCUT2D eigenvalue weighted by Crippen LogP contribution is 2.20. The molecule has 2 atom stereocenters. The van der Waals surface area contributed by atoms with Crippen molar-refractivity contribution in [3.8, 4) is 0 Å². The Hall–Kier alpha value is -1.12. The van der Waals surface area contributed by atoms with Gasteiger partial charge in [0.2, 0.25) is 0 Å². The minimum absolute atomic E-state index is 0.189. The second-order valence-electron chi connectivity index (χ2n) is 2.92. The van der Waals surface area contributed by atoms with Gasteiger partial charge in [0, 0.05) is 5.92 Å². The van der Waals surface area contributed by atoms with E-state index in [1.165, 1.54) is 0 Å². The summed E-state index contributed by atoms with van der Waals surface area (Å²) in [5.41, 5.74) is 0.971. The third-order valence-corrected chi connectivity index (χ3v) is 2.04. The predicted octanol–water partition coefficient (Wildman–Crippen LogP) is 1.31. The lowest BCUT2D eigenvalue weighted by Gasteiger charge is -2.17.